The van der Waals surface area contributed by atoms with E-state index in [4.69, 9.17) is 4.74 Å². The van der Waals surface area contributed by atoms with E-state index in [0.717, 1.165) is 30.0 Å². The second kappa shape index (κ2) is 8.31. The molecule has 0 saturated carbocycles. The van der Waals surface area contributed by atoms with Crippen molar-refractivity contribution in [2.24, 2.45) is 0 Å². The highest BCUT2D eigenvalue weighted by molar-refractivity contribution is 7.14. The Hall–Kier alpha value is -3.52. The van der Waals surface area contributed by atoms with Gasteiger partial charge in [-0.05, 0) is 42.3 Å². The van der Waals surface area contributed by atoms with Crippen molar-refractivity contribution in [3.05, 3.63) is 69.6 Å². The predicted octanol–water partition coefficient (Wildman–Crippen LogP) is 3.94. The van der Waals surface area contributed by atoms with E-state index in [0.29, 0.717) is 41.1 Å². The smallest absolute Gasteiger partial charge is 0.258 e. The van der Waals surface area contributed by atoms with Crippen LogP contribution in [0.4, 0.5) is 5.13 Å². The van der Waals surface area contributed by atoms with Gasteiger partial charge in [-0.1, -0.05) is 12.1 Å². The number of anilines is 1. The fourth-order valence-corrected chi connectivity index (χ4v) is 4.40. The fraction of sp³-hybridized carbons (Fsp3) is 0.217. The molecular weight excluding hydrogens is 412 g/mol. The number of carbonyl (C=O) groups excluding carboxylic acids is 1. The summed E-state index contributed by atoms with van der Waals surface area (Å²) in [6.07, 6.45) is 2.33. The maximum atomic E-state index is 12.3. The van der Waals surface area contributed by atoms with Crippen LogP contribution in [0.5, 0.6) is 5.75 Å². The van der Waals surface area contributed by atoms with Crippen LogP contribution in [0.3, 0.4) is 0 Å². The molecule has 4 aromatic rings. The van der Waals surface area contributed by atoms with Crippen molar-refractivity contribution in [3.8, 4) is 17.0 Å². The van der Waals surface area contributed by atoms with E-state index in [9.17, 15) is 9.59 Å². The SMILES string of the molecule is O=C(CCCc1nc2ccccc2c(=O)[nH]1)Nc1nc(-c2ccc3c(c2)CCO3)cs1. The molecule has 1 amide bonds. The fourth-order valence-electron chi connectivity index (χ4n) is 3.66. The third-order valence-corrected chi connectivity index (χ3v) is 5.97. The number of nitrogens with zero attached hydrogens (tertiary/aromatic N) is 2. The van der Waals surface area contributed by atoms with Crippen LogP contribution in [0.25, 0.3) is 22.2 Å². The van der Waals surface area contributed by atoms with Crippen molar-refractivity contribution < 1.29 is 9.53 Å². The van der Waals surface area contributed by atoms with Gasteiger partial charge in [0.15, 0.2) is 5.13 Å². The number of H-pyrrole nitrogens is 1. The molecule has 3 heterocycles. The number of amides is 1. The molecule has 1 aliphatic rings. The van der Waals surface area contributed by atoms with Gasteiger partial charge in [-0.3, -0.25) is 9.59 Å². The molecule has 1 aliphatic heterocycles. The lowest BCUT2D eigenvalue weighted by atomic mass is 10.1. The topological polar surface area (TPSA) is 97.0 Å². The summed E-state index contributed by atoms with van der Waals surface area (Å²) in [6.45, 7) is 0.722. The first-order valence-corrected chi connectivity index (χ1v) is 11.0. The summed E-state index contributed by atoms with van der Waals surface area (Å²) in [5.74, 6) is 1.43. The van der Waals surface area contributed by atoms with E-state index in [-0.39, 0.29) is 11.5 Å². The van der Waals surface area contributed by atoms with Crippen molar-refractivity contribution in [2.75, 3.05) is 11.9 Å². The van der Waals surface area contributed by atoms with E-state index in [2.05, 4.69) is 26.3 Å². The van der Waals surface area contributed by atoms with Crippen LogP contribution in [0.2, 0.25) is 0 Å². The first-order valence-electron chi connectivity index (χ1n) is 10.2. The molecule has 0 bridgehead atoms. The zero-order chi connectivity index (χ0) is 21.2. The molecule has 0 atom stereocenters. The molecule has 0 saturated heterocycles. The largest absolute Gasteiger partial charge is 0.493 e. The maximum absolute atomic E-state index is 12.3. The zero-order valence-electron chi connectivity index (χ0n) is 16.7. The summed E-state index contributed by atoms with van der Waals surface area (Å²) in [5, 5.41) is 5.95. The number of para-hydroxylation sites is 1. The summed E-state index contributed by atoms with van der Waals surface area (Å²) in [7, 11) is 0. The highest BCUT2D eigenvalue weighted by Crippen LogP contribution is 2.32. The van der Waals surface area contributed by atoms with Gasteiger partial charge in [-0.15, -0.1) is 11.3 Å². The minimum atomic E-state index is -0.154. The Kier molecular flexibility index (Phi) is 5.21. The predicted molar refractivity (Wildman–Crippen MR) is 121 cm³/mol. The van der Waals surface area contributed by atoms with Crippen molar-refractivity contribution in [1.29, 1.82) is 0 Å². The quantitative estimate of drug-likeness (QED) is 0.481. The van der Waals surface area contributed by atoms with E-state index in [1.54, 1.807) is 6.07 Å². The number of rotatable bonds is 6. The van der Waals surface area contributed by atoms with Crippen LogP contribution in [-0.2, 0) is 17.6 Å². The Labute approximate surface area is 182 Å². The highest BCUT2D eigenvalue weighted by Gasteiger charge is 2.14. The number of carbonyl (C=O) groups is 1. The standard InChI is InChI=1S/C23H20N4O3S/c28-21(7-3-6-20-24-17-5-2-1-4-16(17)22(29)26-20)27-23-25-18(13-31-23)14-8-9-19-15(12-14)10-11-30-19/h1-2,4-5,8-9,12-13H,3,6-7,10-11H2,(H,24,26,29)(H,25,27,28). The van der Waals surface area contributed by atoms with Gasteiger partial charge in [-0.25, -0.2) is 9.97 Å². The maximum Gasteiger partial charge on any atom is 0.258 e. The monoisotopic (exact) mass is 432 g/mol. The molecule has 2 N–H and O–H groups in total. The summed E-state index contributed by atoms with van der Waals surface area (Å²) >= 11 is 1.41. The number of hydrogen-bond acceptors (Lipinski definition) is 6. The Morgan fingerprint density at radius 3 is 3.03 bits per heavy atom. The molecule has 0 spiro atoms. The third kappa shape index (κ3) is 4.20. The number of ether oxygens (including phenoxy) is 1. The molecule has 0 unspecified atom stereocenters. The van der Waals surface area contributed by atoms with Crippen molar-refractivity contribution in [3.63, 3.8) is 0 Å². The van der Waals surface area contributed by atoms with Crippen LogP contribution in [-0.4, -0.2) is 27.5 Å². The highest BCUT2D eigenvalue weighted by atomic mass is 32.1. The van der Waals surface area contributed by atoms with Crippen LogP contribution in [0, 0.1) is 0 Å². The number of benzene rings is 2. The molecule has 2 aromatic heterocycles. The van der Waals surface area contributed by atoms with E-state index >= 15 is 0 Å². The van der Waals surface area contributed by atoms with Gasteiger partial charge in [0, 0.05) is 30.2 Å². The first-order chi connectivity index (χ1) is 15.2. The summed E-state index contributed by atoms with van der Waals surface area (Å²) in [5.41, 5.74) is 3.56. The van der Waals surface area contributed by atoms with Crippen LogP contribution in [0.15, 0.2) is 52.6 Å². The molecule has 156 valence electrons. The van der Waals surface area contributed by atoms with Gasteiger partial charge in [-0.2, -0.15) is 0 Å². The third-order valence-electron chi connectivity index (χ3n) is 5.22. The molecule has 0 radical (unpaired) electrons. The average Bonchev–Trinajstić information content (AvgIpc) is 3.42. The number of nitrogens with one attached hydrogen (secondary N) is 2. The summed E-state index contributed by atoms with van der Waals surface area (Å²) in [4.78, 5) is 36.3. The Balaban J connectivity index is 1.18. The number of thiazole rings is 1. The van der Waals surface area contributed by atoms with E-state index in [1.807, 2.05) is 35.7 Å². The van der Waals surface area contributed by atoms with Gasteiger partial charge in [0.25, 0.3) is 5.56 Å². The lowest BCUT2D eigenvalue weighted by Crippen LogP contribution is -2.14. The van der Waals surface area contributed by atoms with Gasteiger partial charge < -0.3 is 15.0 Å². The van der Waals surface area contributed by atoms with Crippen LogP contribution in [0.1, 0.15) is 24.2 Å². The number of aromatic nitrogens is 3. The van der Waals surface area contributed by atoms with Crippen molar-refractivity contribution in [1.82, 2.24) is 15.0 Å². The molecule has 8 heteroatoms. The lowest BCUT2D eigenvalue weighted by molar-refractivity contribution is -0.116. The van der Waals surface area contributed by atoms with Crippen molar-refractivity contribution >= 4 is 33.3 Å². The molecule has 7 nitrogen and oxygen atoms in total. The Morgan fingerprint density at radius 1 is 1.19 bits per heavy atom. The molecule has 0 aliphatic carbocycles. The molecule has 0 fully saturated rings. The second-order valence-electron chi connectivity index (χ2n) is 7.39. The normalized spacial score (nSPS) is 12.5. The second-order valence-corrected chi connectivity index (χ2v) is 8.25. The van der Waals surface area contributed by atoms with Crippen molar-refractivity contribution in [2.45, 2.75) is 25.7 Å². The van der Waals surface area contributed by atoms with Crippen LogP contribution < -0.4 is 15.6 Å². The Morgan fingerprint density at radius 2 is 2.10 bits per heavy atom. The van der Waals surface area contributed by atoms with Gasteiger partial charge >= 0.3 is 0 Å². The van der Waals surface area contributed by atoms with Crippen LogP contribution >= 0.6 is 11.3 Å². The Bertz CT molecular complexity index is 1330. The number of aryl methyl sites for hydroxylation is 1. The van der Waals surface area contributed by atoms with Gasteiger partial charge in [0.1, 0.15) is 11.6 Å². The average molecular weight is 433 g/mol. The van der Waals surface area contributed by atoms with E-state index < -0.39 is 0 Å². The summed E-state index contributed by atoms with van der Waals surface area (Å²) in [6, 6.07) is 13.3. The molecular formula is C23H20N4O3S. The number of aromatic amines is 1. The molecule has 5 rings (SSSR count). The zero-order valence-corrected chi connectivity index (χ0v) is 17.5. The molecule has 31 heavy (non-hydrogen) atoms. The van der Waals surface area contributed by atoms with E-state index in [1.165, 1.54) is 16.9 Å². The number of fused-ring (bicyclic) bond motifs is 2. The number of hydrogen-bond donors (Lipinski definition) is 2. The minimum absolute atomic E-state index is 0.105. The minimum Gasteiger partial charge on any atom is -0.493 e. The lowest BCUT2D eigenvalue weighted by Gasteiger charge is -2.04. The first kappa shape index (κ1) is 19.4. The summed E-state index contributed by atoms with van der Waals surface area (Å²) < 4.78 is 5.55. The molecule has 2 aromatic carbocycles. The van der Waals surface area contributed by atoms with Gasteiger partial charge in [0.05, 0.1) is 23.2 Å². The van der Waals surface area contributed by atoms with Gasteiger partial charge in [0.2, 0.25) is 5.91 Å².